The molecular weight excluding hydrogens is 683 g/mol. The quantitative estimate of drug-likeness (QED) is 0.165. The lowest BCUT2D eigenvalue weighted by Gasteiger charge is -2.11. The summed E-state index contributed by atoms with van der Waals surface area (Å²) in [4.78, 5) is 15.1. The zero-order valence-electron chi connectivity index (χ0n) is 30.7. The molecule has 0 saturated heterocycles. The summed E-state index contributed by atoms with van der Waals surface area (Å²) in [6.45, 7) is 2.16. The predicted octanol–water partition coefficient (Wildman–Crippen LogP) is 13.7. The Balaban J connectivity index is 1.02. The monoisotopic (exact) mass is 717 g/mol. The number of benzene rings is 8. The Hall–Kier alpha value is -7.43. The van der Waals surface area contributed by atoms with Crippen LogP contribution >= 0.6 is 0 Å². The summed E-state index contributed by atoms with van der Waals surface area (Å²) in [6, 6.07) is 67.5. The standard InChI is InChI=1S/C52H35N3O/c1-34-20-21-42(32-46(34)38-14-7-3-8-15-38)37-24-28-41(29-25-37)51-53-50(40-16-9-4-10-17-40)54-52(55-51)43-30-31-45-48(33-43)56-47-19-11-18-44(49(45)47)39-26-22-36(23-27-39)35-12-5-2-6-13-35/h2-33H,1H3. The third-order valence-corrected chi connectivity index (χ3v) is 10.5. The van der Waals surface area contributed by atoms with Gasteiger partial charge in [-0.1, -0.05) is 170 Å². The van der Waals surface area contributed by atoms with Crippen molar-refractivity contribution >= 4 is 21.9 Å². The minimum absolute atomic E-state index is 0.586. The number of hydrogen-bond acceptors (Lipinski definition) is 4. The highest BCUT2D eigenvalue weighted by Crippen LogP contribution is 2.39. The smallest absolute Gasteiger partial charge is 0.164 e. The number of aromatic nitrogens is 3. The van der Waals surface area contributed by atoms with Gasteiger partial charge in [0.1, 0.15) is 11.2 Å². The third kappa shape index (κ3) is 6.23. The lowest BCUT2D eigenvalue weighted by Crippen LogP contribution is -2.00. The molecule has 4 nitrogen and oxygen atoms in total. The van der Waals surface area contributed by atoms with Crippen molar-refractivity contribution in [2.75, 3.05) is 0 Å². The summed E-state index contributed by atoms with van der Waals surface area (Å²) in [6.07, 6.45) is 0. The van der Waals surface area contributed by atoms with Crippen LogP contribution in [0.1, 0.15) is 5.56 Å². The van der Waals surface area contributed by atoms with Crippen LogP contribution in [0, 0.1) is 6.92 Å². The van der Waals surface area contributed by atoms with Crippen molar-refractivity contribution in [3.05, 3.63) is 200 Å². The number of hydrogen-bond donors (Lipinski definition) is 0. The van der Waals surface area contributed by atoms with Crippen LogP contribution in [0.5, 0.6) is 0 Å². The minimum Gasteiger partial charge on any atom is -0.456 e. The predicted molar refractivity (Wildman–Crippen MR) is 230 cm³/mol. The molecule has 0 aliphatic heterocycles. The van der Waals surface area contributed by atoms with Gasteiger partial charge < -0.3 is 4.42 Å². The summed E-state index contributed by atoms with van der Waals surface area (Å²) < 4.78 is 6.53. The average Bonchev–Trinajstić information content (AvgIpc) is 3.66. The van der Waals surface area contributed by atoms with Crippen LogP contribution in [-0.2, 0) is 0 Å². The molecule has 2 heterocycles. The molecule has 264 valence electrons. The molecule has 10 aromatic rings. The molecule has 2 aromatic heterocycles. The van der Waals surface area contributed by atoms with E-state index in [-0.39, 0.29) is 0 Å². The fraction of sp³-hybridized carbons (Fsp3) is 0.0192. The zero-order chi connectivity index (χ0) is 37.4. The molecule has 0 N–H and O–H groups in total. The van der Waals surface area contributed by atoms with E-state index in [1.807, 2.05) is 42.5 Å². The lowest BCUT2D eigenvalue weighted by atomic mass is 9.95. The normalized spacial score (nSPS) is 11.3. The van der Waals surface area contributed by atoms with Gasteiger partial charge in [0.05, 0.1) is 0 Å². The summed E-state index contributed by atoms with van der Waals surface area (Å²) in [5, 5.41) is 2.14. The van der Waals surface area contributed by atoms with E-state index in [2.05, 4.69) is 159 Å². The van der Waals surface area contributed by atoms with Gasteiger partial charge in [-0.3, -0.25) is 0 Å². The molecule has 0 aliphatic rings. The molecule has 0 radical (unpaired) electrons. The molecule has 56 heavy (non-hydrogen) atoms. The van der Waals surface area contributed by atoms with Crippen molar-refractivity contribution in [1.82, 2.24) is 15.0 Å². The maximum Gasteiger partial charge on any atom is 0.164 e. The van der Waals surface area contributed by atoms with Gasteiger partial charge in [0, 0.05) is 27.5 Å². The van der Waals surface area contributed by atoms with Crippen LogP contribution in [0.4, 0.5) is 0 Å². The number of rotatable bonds is 7. The summed E-state index contributed by atoms with van der Waals surface area (Å²) >= 11 is 0. The molecule has 0 fully saturated rings. The van der Waals surface area contributed by atoms with Crippen LogP contribution in [0.3, 0.4) is 0 Å². The van der Waals surface area contributed by atoms with Crippen LogP contribution in [0.25, 0.3) is 101 Å². The Morgan fingerprint density at radius 1 is 0.321 bits per heavy atom. The average molecular weight is 718 g/mol. The van der Waals surface area contributed by atoms with Crippen LogP contribution in [-0.4, -0.2) is 15.0 Å². The van der Waals surface area contributed by atoms with Crippen LogP contribution in [0.15, 0.2) is 199 Å². The van der Waals surface area contributed by atoms with E-state index in [0.29, 0.717) is 17.5 Å². The number of fused-ring (bicyclic) bond motifs is 3. The Bertz CT molecular complexity index is 2990. The van der Waals surface area contributed by atoms with E-state index in [4.69, 9.17) is 19.4 Å². The number of nitrogens with zero attached hydrogens (tertiary/aromatic N) is 3. The van der Waals surface area contributed by atoms with Crippen LogP contribution in [0.2, 0.25) is 0 Å². The van der Waals surface area contributed by atoms with E-state index in [1.54, 1.807) is 0 Å². The first-order chi connectivity index (χ1) is 27.6. The fourth-order valence-corrected chi connectivity index (χ4v) is 7.57. The maximum absolute atomic E-state index is 6.53. The van der Waals surface area contributed by atoms with Crippen molar-refractivity contribution in [2.24, 2.45) is 0 Å². The van der Waals surface area contributed by atoms with Gasteiger partial charge in [0.15, 0.2) is 17.5 Å². The highest BCUT2D eigenvalue weighted by molar-refractivity contribution is 6.13. The minimum atomic E-state index is 0.586. The Kier molecular flexibility index (Phi) is 8.34. The number of furan rings is 1. The summed E-state index contributed by atoms with van der Waals surface area (Å²) in [5.41, 5.74) is 15.0. The second kappa shape index (κ2) is 14.1. The van der Waals surface area contributed by atoms with E-state index in [1.165, 1.54) is 27.8 Å². The first-order valence-corrected chi connectivity index (χ1v) is 18.8. The molecule has 10 rings (SSSR count). The maximum atomic E-state index is 6.53. The first kappa shape index (κ1) is 33.2. The topological polar surface area (TPSA) is 51.8 Å². The molecule has 0 saturated carbocycles. The van der Waals surface area contributed by atoms with Crippen molar-refractivity contribution in [1.29, 1.82) is 0 Å². The third-order valence-electron chi connectivity index (χ3n) is 10.5. The van der Waals surface area contributed by atoms with Gasteiger partial charge in [-0.15, -0.1) is 0 Å². The lowest BCUT2D eigenvalue weighted by molar-refractivity contribution is 0.669. The second-order valence-electron chi connectivity index (χ2n) is 14.1. The van der Waals surface area contributed by atoms with Gasteiger partial charge in [0.2, 0.25) is 0 Å². The van der Waals surface area contributed by atoms with Gasteiger partial charge in [-0.2, -0.15) is 0 Å². The molecule has 4 heteroatoms. The molecule has 0 atom stereocenters. The summed E-state index contributed by atoms with van der Waals surface area (Å²) in [7, 11) is 0. The van der Waals surface area contributed by atoms with Gasteiger partial charge in [0.25, 0.3) is 0 Å². The van der Waals surface area contributed by atoms with Crippen molar-refractivity contribution in [3.63, 3.8) is 0 Å². The van der Waals surface area contributed by atoms with Crippen molar-refractivity contribution < 1.29 is 4.42 Å². The molecule has 0 unspecified atom stereocenters. The van der Waals surface area contributed by atoms with E-state index >= 15 is 0 Å². The SMILES string of the molecule is Cc1ccc(-c2ccc(-c3nc(-c4ccccc4)nc(-c4ccc5c(c4)oc4cccc(-c6ccc(-c7ccccc7)cc6)c45)n3)cc2)cc1-c1ccccc1. The van der Waals surface area contributed by atoms with Gasteiger partial charge in [-0.05, 0) is 81.3 Å². The summed E-state index contributed by atoms with van der Waals surface area (Å²) in [5.74, 6) is 1.81. The molecule has 0 bridgehead atoms. The largest absolute Gasteiger partial charge is 0.456 e. The highest BCUT2D eigenvalue weighted by atomic mass is 16.3. The van der Waals surface area contributed by atoms with Gasteiger partial charge >= 0.3 is 0 Å². The van der Waals surface area contributed by atoms with Crippen LogP contribution < -0.4 is 0 Å². The Morgan fingerprint density at radius 2 is 0.786 bits per heavy atom. The van der Waals surface area contributed by atoms with E-state index in [9.17, 15) is 0 Å². The van der Waals surface area contributed by atoms with Crippen molar-refractivity contribution in [3.8, 4) is 78.7 Å². The zero-order valence-corrected chi connectivity index (χ0v) is 30.7. The van der Waals surface area contributed by atoms with Crippen molar-refractivity contribution in [2.45, 2.75) is 6.92 Å². The molecule has 8 aromatic carbocycles. The number of aryl methyl sites for hydroxylation is 1. The molecular formula is C52H35N3O. The second-order valence-corrected chi connectivity index (χ2v) is 14.1. The molecule has 0 amide bonds. The Morgan fingerprint density at radius 3 is 1.45 bits per heavy atom. The van der Waals surface area contributed by atoms with E-state index in [0.717, 1.165) is 60.9 Å². The molecule has 0 aliphatic carbocycles. The highest BCUT2D eigenvalue weighted by Gasteiger charge is 2.17. The first-order valence-electron chi connectivity index (χ1n) is 18.8. The fourth-order valence-electron chi connectivity index (χ4n) is 7.57. The van der Waals surface area contributed by atoms with E-state index < -0.39 is 0 Å². The Labute approximate surface area is 325 Å². The molecule has 0 spiro atoms. The van der Waals surface area contributed by atoms with Gasteiger partial charge in [-0.25, -0.2) is 15.0 Å².